The summed E-state index contributed by atoms with van der Waals surface area (Å²) in [5.41, 5.74) is 0. The molecule has 0 aromatic heterocycles. The summed E-state index contributed by atoms with van der Waals surface area (Å²) in [6.07, 6.45) is 7.78. The van der Waals surface area contributed by atoms with Crippen LogP contribution in [0.2, 0.25) is 0 Å². The van der Waals surface area contributed by atoms with E-state index in [9.17, 15) is 0 Å². The van der Waals surface area contributed by atoms with Gasteiger partial charge >= 0.3 is 0 Å². The predicted octanol–water partition coefficient (Wildman–Crippen LogP) is 2.45. The van der Waals surface area contributed by atoms with Gasteiger partial charge in [0.1, 0.15) is 0 Å². The van der Waals surface area contributed by atoms with Gasteiger partial charge in [0.2, 0.25) is 0 Å². The highest BCUT2D eigenvalue weighted by molar-refractivity contribution is 7.98. The molecular formula is C13H28N2S. The van der Waals surface area contributed by atoms with Gasteiger partial charge < -0.3 is 10.2 Å². The van der Waals surface area contributed by atoms with Crippen molar-refractivity contribution < 1.29 is 0 Å². The summed E-state index contributed by atoms with van der Waals surface area (Å²) in [5, 5.41) is 3.70. The Kier molecular flexibility index (Phi) is 7.50. The number of nitrogens with zero attached hydrogens (tertiary/aromatic N) is 1. The highest BCUT2D eigenvalue weighted by Crippen LogP contribution is 2.23. The van der Waals surface area contributed by atoms with Gasteiger partial charge in [-0.1, -0.05) is 6.92 Å². The summed E-state index contributed by atoms with van der Waals surface area (Å²) in [7, 11) is 2.22. The first kappa shape index (κ1) is 14.3. The van der Waals surface area contributed by atoms with Crippen LogP contribution in [-0.2, 0) is 0 Å². The summed E-state index contributed by atoms with van der Waals surface area (Å²) in [5.74, 6) is 2.21. The van der Waals surface area contributed by atoms with Crippen molar-refractivity contribution >= 4 is 11.8 Å². The van der Waals surface area contributed by atoms with Gasteiger partial charge in [-0.25, -0.2) is 0 Å². The molecule has 0 spiro atoms. The third-order valence-electron chi connectivity index (χ3n) is 3.62. The molecule has 0 unspecified atom stereocenters. The van der Waals surface area contributed by atoms with Gasteiger partial charge in [0, 0.05) is 31.4 Å². The van der Waals surface area contributed by atoms with E-state index < -0.39 is 0 Å². The Morgan fingerprint density at radius 1 is 1.19 bits per heavy atom. The zero-order valence-corrected chi connectivity index (χ0v) is 12.0. The van der Waals surface area contributed by atoms with Crippen molar-refractivity contribution in [1.29, 1.82) is 0 Å². The van der Waals surface area contributed by atoms with Gasteiger partial charge in [-0.2, -0.15) is 11.8 Å². The molecule has 0 heterocycles. The van der Waals surface area contributed by atoms with Crippen LogP contribution in [0, 0.1) is 5.92 Å². The predicted molar refractivity (Wildman–Crippen MR) is 75.3 cm³/mol. The van der Waals surface area contributed by atoms with Crippen molar-refractivity contribution in [3.63, 3.8) is 0 Å². The van der Waals surface area contributed by atoms with Crippen LogP contribution >= 0.6 is 11.8 Å². The Bertz CT molecular complexity index is 167. The van der Waals surface area contributed by atoms with Crippen molar-refractivity contribution in [2.24, 2.45) is 5.92 Å². The lowest BCUT2D eigenvalue weighted by Crippen LogP contribution is -2.38. The first-order valence-corrected chi connectivity index (χ1v) is 8.02. The fourth-order valence-corrected chi connectivity index (χ4v) is 2.78. The zero-order chi connectivity index (χ0) is 11.8. The smallest absolute Gasteiger partial charge is 0.0104 e. The third-order valence-corrected chi connectivity index (χ3v) is 4.21. The molecule has 0 bridgehead atoms. The molecule has 0 radical (unpaired) electrons. The molecule has 1 aliphatic carbocycles. The zero-order valence-electron chi connectivity index (χ0n) is 11.2. The van der Waals surface area contributed by atoms with E-state index in [0.29, 0.717) is 0 Å². The Balaban J connectivity index is 1.98. The maximum absolute atomic E-state index is 3.70. The summed E-state index contributed by atoms with van der Waals surface area (Å²) < 4.78 is 0. The molecule has 1 rings (SSSR count). The van der Waals surface area contributed by atoms with Gasteiger partial charge in [-0.3, -0.25) is 0 Å². The minimum atomic E-state index is 0.796. The Hall–Kier alpha value is 0.270. The molecule has 16 heavy (non-hydrogen) atoms. The van der Waals surface area contributed by atoms with Gasteiger partial charge in [-0.05, 0) is 44.9 Å². The number of likely N-dealkylation sites (N-methyl/N-ethyl adjacent to an activating group) is 1. The molecule has 0 saturated heterocycles. The molecule has 1 aliphatic rings. The van der Waals surface area contributed by atoms with Crippen LogP contribution < -0.4 is 5.32 Å². The normalized spacial score (nSPS) is 26.2. The molecule has 0 aromatic carbocycles. The van der Waals surface area contributed by atoms with E-state index >= 15 is 0 Å². The van der Waals surface area contributed by atoms with Crippen molar-refractivity contribution in [2.75, 3.05) is 38.7 Å². The largest absolute Gasteiger partial charge is 0.313 e. The van der Waals surface area contributed by atoms with E-state index in [2.05, 4.69) is 30.4 Å². The van der Waals surface area contributed by atoms with Crippen molar-refractivity contribution in [1.82, 2.24) is 10.2 Å². The molecule has 0 atom stereocenters. The van der Waals surface area contributed by atoms with Crippen molar-refractivity contribution in [2.45, 2.75) is 38.6 Å². The minimum Gasteiger partial charge on any atom is -0.313 e. The SMILES string of the molecule is CSCCN(C)CCNC1CCC(C)CC1. The molecular weight excluding hydrogens is 216 g/mol. The summed E-state index contributed by atoms with van der Waals surface area (Å²) in [4.78, 5) is 2.43. The van der Waals surface area contributed by atoms with Gasteiger partial charge in [-0.15, -0.1) is 0 Å². The van der Waals surface area contributed by atoms with E-state index in [4.69, 9.17) is 0 Å². The average molecular weight is 244 g/mol. The van der Waals surface area contributed by atoms with Crippen molar-refractivity contribution in [3.8, 4) is 0 Å². The molecule has 0 aliphatic heterocycles. The second-order valence-corrected chi connectivity index (χ2v) is 6.19. The number of rotatable bonds is 7. The van der Waals surface area contributed by atoms with Crippen LogP contribution in [0.15, 0.2) is 0 Å². The van der Waals surface area contributed by atoms with E-state index in [1.54, 1.807) is 0 Å². The third kappa shape index (κ3) is 6.12. The van der Waals surface area contributed by atoms with Crippen LogP contribution in [0.1, 0.15) is 32.6 Å². The van der Waals surface area contributed by atoms with E-state index in [1.165, 1.54) is 44.5 Å². The lowest BCUT2D eigenvalue weighted by molar-refractivity contribution is 0.287. The average Bonchev–Trinajstić information content (AvgIpc) is 2.29. The summed E-state index contributed by atoms with van der Waals surface area (Å²) in [6.45, 7) is 5.94. The fourth-order valence-electron chi connectivity index (χ4n) is 2.28. The quantitative estimate of drug-likeness (QED) is 0.740. The first-order chi connectivity index (χ1) is 7.72. The van der Waals surface area contributed by atoms with E-state index in [0.717, 1.165) is 18.5 Å². The Morgan fingerprint density at radius 3 is 2.50 bits per heavy atom. The summed E-state index contributed by atoms with van der Waals surface area (Å²) in [6, 6.07) is 0.796. The number of hydrogen-bond acceptors (Lipinski definition) is 3. The van der Waals surface area contributed by atoms with Crippen LogP contribution in [0.25, 0.3) is 0 Å². The number of thioether (sulfide) groups is 1. The fraction of sp³-hybridized carbons (Fsp3) is 1.00. The minimum absolute atomic E-state index is 0.796. The standard InChI is InChI=1S/C13H28N2S/c1-12-4-6-13(7-5-12)14-8-9-15(2)10-11-16-3/h12-14H,4-11H2,1-3H3. The molecule has 1 N–H and O–H groups in total. The van der Waals surface area contributed by atoms with Crippen LogP contribution in [-0.4, -0.2) is 49.6 Å². The Morgan fingerprint density at radius 2 is 1.88 bits per heavy atom. The molecule has 1 saturated carbocycles. The second-order valence-electron chi connectivity index (χ2n) is 5.21. The molecule has 2 nitrogen and oxygen atoms in total. The van der Waals surface area contributed by atoms with Crippen LogP contribution in [0.5, 0.6) is 0 Å². The van der Waals surface area contributed by atoms with Gasteiger partial charge in [0.25, 0.3) is 0 Å². The lowest BCUT2D eigenvalue weighted by atomic mass is 9.87. The maximum atomic E-state index is 3.70. The van der Waals surface area contributed by atoms with E-state index in [-0.39, 0.29) is 0 Å². The van der Waals surface area contributed by atoms with E-state index in [1.807, 2.05) is 11.8 Å². The summed E-state index contributed by atoms with van der Waals surface area (Å²) >= 11 is 1.93. The van der Waals surface area contributed by atoms with Gasteiger partial charge in [0.15, 0.2) is 0 Å². The van der Waals surface area contributed by atoms with Crippen molar-refractivity contribution in [3.05, 3.63) is 0 Å². The molecule has 0 aromatic rings. The number of nitrogens with one attached hydrogen (secondary N) is 1. The lowest BCUT2D eigenvalue weighted by Gasteiger charge is -2.27. The second kappa shape index (κ2) is 8.37. The van der Waals surface area contributed by atoms with Gasteiger partial charge in [0.05, 0.1) is 0 Å². The molecule has 0 amide bonds. The molecule has 3 heteroatoms. The topological polar surface area (TPSA) is 15.3 Å². The van der Waals surface area contributed by atoms with Crippen LogP contribution in [0.3, 0.4) is 0 Å². The molecule has 1 fully saturated rings. The maximum Gasteiger partial charge on any atom is 0.0104 e. The Labute approximate surface area is 106 Å². The highest BCUT2D eigenvalue weighted by atomic mass is 32.2. The van der Waals surface area contributed by atoms with Crippen LogP contribution in [0.4, 0.5) is 0 Å². The first-order valence-electron chi connectivity index (χ1n) is 6.63. The highest BCUT2D eigenvalue weighted by Gasteiger charge is 2.17. The monoisotopic (exact) mass is 244 g/mol. The number of hydrogen-bond donors (Lipinski definition) is 1. The molecule has 96 valence electrons.